The first kappa shape index (κ1) is 13.0. The maximum Gasteiger partial charge on any atom is 0.256 e. The van der Waals surface area contributed by atoms with Gasteiger partial charge in [0.1, 0.15) is 0 Å². The summed E-state index contributed by atoms with van der Waals surface area (Å²) in [6.07, 6.45) is 0. The van der Waals surface area contributed by atoms with Crippen molar-refractivity contribution in [3.63, 3.8) is 0 Å². The average molecular weight is 291 g/mol. The highest BCUT2D eigenvalue weighted by Crippen LogP contribution is 2.37. The van der Waals surface area contributed by atoms with Crippen molar-refractivity contribution in [3.05, 3.63) is 65.5 Å². The van der Waals surface area contributed by atoms with Crippen molar-refractivity contribution < 1.29 is 9.47 Å². The van der Waals surface area contributed by atoms with Gasteiger partial charge in [0.15, 0.2) is 5.82 Å². The third-order valence-electron chi connectivity index (χ3n) is 3.77. The van der Waals surface area contributed by atoms with E-state index < -0.39 is 5.79 Å². The van der Waals surface area contributed by atoms with E-state index in [1.54, 1.807) is 12.1 Å². The molecule has 1 N–H and O–H groups in total. The van der Waals surface area contributed by atoms with Gasteiger partial charge in [-0.15, -0.1) is 0 Å². The molecule has 2 heterocycles. The summed E-state index contributed by atoms with van der Waals surface area (Å²) in [6, 6.07) is 17.2. The minimum absolute atomic E-state index is 0.509. The number of imidazole rings is 1. The average Bonchev–Trinajstić information content (AvgIpc) is 3.22. The quantitative estimate of drug-likeness (QED) is 0.788. The molecule has 108 valence electrons. The van der Waals surface area contributed by atoms with Gasteiger partial charge in [-0.2, -0.15) is 5.26 Å². The normalized spacial score (nSPS) is 16.7. The minimum atomic E-state index is -1.01. The number of H-pyrrole nitrogens is 1. The second-order valence-corrected chi connectivity index (χ2v) is 5.11. The Morgan fingerprint density at radius 2 is 1.86 bits per heavy atom. The fourth-order valence-corrected chi connectivity index (χ4v) is 2.74. The Balaban J connectivity index is 1.89. The molecule has 4 rings (SSSR count). The molecule has 22 heavy (non-hydrogen) atoms. The molecule has 0 radical (unpaired) electrons. The highest BCUT2D eigenvalue weighted by Gasteiger charge is 2.43. The van der Waals surface area contributed by atoms with Crippen molar-refractivity contribution >= 4 is 11.0 Å². The molecule has 1 aliphatic rings. The van der Waals surface area contributed by atoms with Crippen molar-refractivity contribution in [2.24, 2.45) is 0 Å². The fourth-order valence-electron chi connectivity index (χ4n) is 2.74. The smallest absolute Gasteiger partial charge is 0.256 e. The molecule has 0 spiro atoms. The van der Waals surface area contributed by atoms with E-state index in [1.165, 1.54) is 0 Å². The number of hydrogen-bond donors (Lipinski definition) is 1. The van der Waals surface area contributed by atoms with E-state index in [1.807, 2.05) is 36.4 Å². The Hall–Kier alpha value is -2.68. The van der Waals surface area contributed by atoms with Crippen molar-refractivity contribution in [1.29, 1.82) is 5.26 Å². The van der Waals surface area contributed by atoms with Crippen LogP contribution < -0.4 is 0 Å². The van der Waals surface area contributed by atoms with Crippen LogP contribution in [-0.2, 0) is 15.3 Å². The minimum Gasteiger partial charge on any atom is -0.337 e. The van der Waals surface area contributed by atoms with Crippen LogP contribution in [0.2, 0.25) is 0 Å². The van der Waals surface area contributed by atoms with Crippen molar-refractivity contribution in [2.45, 2.75) is 5.79 Å². The number of aromatic amines is 1. The van der Waals surface area contributed by atoms with Gasteiger partial charge < -0.3 is 14.5 Å². The Morgan fingerprint density at radius 1 is 1.09 bits per heavy atom. The van der Waals surface area contributed by atoms with E-state index in [0.717, 1.165) is 16.6 Å². The van der Waals surface area contributed by atoms with Gasteiger partial charge in [-0.1, -0.05) is 30.3 Å². The Labute approximate surface area is 127 Å². The van der Waals surface area contributed by atoms with E-state index in [-0.39, 0.29) is 0 Å². The summed E-state index contributed by atoms with van der Waals surface area (Å²) >= 11 is 0. The zero-order valence-electron chi connectivity index (χ0n) is 11.7. The highest BCUT2D eigenvalue weighted by atomic mass is 16.7. The SMILES string of the molecule is N#Cc1ccc2[nH]c(C3(c4ccccc4)OCCO3)nc2c1. The second-order valence-electron chi connectivity index (χ2n) is 5.11. The zero-order valence-corrected chi connectivity index (χ0v) is 11.7. The van der Waals surface area contributed by atoms with Gasteiger partial charge in [-0.3, -0.25) is 0 Å². The van der Waals surface area contributed by atoms with Crippen LogP contribution in [0.3, 0.4) is 0 Å². The number of ether oxygens (including phenoxy) is 2. The van der Waals surface area contributed by atoms with E-state index >= 15 is 0 Å². The predicted molar refractivity (Wildman–Crippen MR) is 79.9 cm³/mol. The van der Waals surface area contributed by atoms with E-state index in [4.69, 9.17) is 14.7 Å². The van der Waals surface area contributed by atoms with Crippen LogP contribution >= 0.6 is 0 Å². The lowest BCUT2D eigenvalue weighted by atomic mass is 10.1. The van der Waals surface area contributed by atoms with Crippen LogP contribution in [0.15, 0.2) is 48.5 Å². The number of rotatable bonds is 2. The second kappa shape index (κ2) is 4.95. The van der Waals surface area contributed by atoms with Crippen LogP contribution in [-0.4, -0.2) is 23.2 Å². The van der Waals surface area contributed by atoms with Crippen molar-refractivity contribution in [1.82, 2.24) is 9.97 Å². The van der Waals surface area contributed by atoms with E-state index in [0.29, 0.717) is 24.6 Å². The van der Waals surface area contributed by atoms with E-state index in [9.17, 15) is 0 Å². The Morgan fingerprint density at radius 3 is 2.59 bits per heavy atom. The maximum atomic E-state index is 9.01. The van der Waals surface area contributed by atoms with Crippen LogP contribution in [0.1, 0.15) is 17.0 Å². The standard InChI is InChI=1S/C17H13N3O2/c18-11-12-6-7-14-15(10-12)20-16(19-14)17(21-8-9-22-17)13-4-2-1-3-5-13/h1-7,10H,8-9H2,(H,19,20). The van der Waals surface area contributed by atoms with Gasteiger partial charge in [0.2, 0.25) is 0 Å². The van der Waals surface area contributed by atoms with Crippen molar-refractivity contribution in [2.75, 3.05) is 13.2 Å². The number of benzene rings is 2. The molecular weight excluding hydrogens is 278 g/mol. The molecule has 1 aliphatic heterocycles. The first-order chi connectivity index (χ1) is 10.8. The molecule has 0 unspecified atom stereocenters. The molecule has 3 aromatic rings. The summed E-state index contributed by atoms with van der Waals surface area (Å²) < 4.78 is 11.8. The molecule has 0 aliphatic carbocycles. The van der Waals surface area contributed by atoms with Gasteiger partial charge in [0.25, 0.3) is 5.79 Å². The first-order valence-electron chi connectivity index (χ1n) is 7.06. The number of fused-ring (bicyclic) bond motifs is 1. The van der Waals surface area contributed by atoms with Gasteiger partial charge in [0, 0.05) is 5.56 Å². The third kappa shape index (κ3) is 1.90. The molecule has 0 saturated carbocycles. The largest absolute Gasteiger partial charge is 0.337 e. The predicted octanol–water partition coefficient (Wildman–Crippen LogP) is 2.68. The molecule has 5 nitrogen and oxygen atoms in total. The lowest BCUT2D eigenvalue weighted by molar-refractivity contribution is -0.135. The summed E-state index contributed by atoms with van der Waals surface area (Å²) in [4.78, 5) is 7.85. The Bertz CT molecular complexity index is 858. The molecule has 0 amide bonds. The van der Waals surface area contributed by atoms with Crippen LogP contribution in [0.5, 0.6) is 0 Å². The van der Waals surface area contributed by atoms with Gasteiger partial charge >= 0.3 is 0 Å². The molecule has 0 bridgehead atoms. The molecule has 1 aromatic heterocycles. The topological polar surface area (TPSA) is 70.9 Å². The molecular formula is C17H13N3O2. The fraction of sp³-hybridized carbons (Fsp3) is 0.176. The summed E-state index contributed by atoms with van der Waals surface area (Å²) in [6.45, 7) is 1.02. The van der Waals surface area contributed by atoms with Gasteiger partial charge in [0.05, 0.1) is 35.9 Å². The van der Waals surface area contributed by atoms with Crippen LogP contribution in [0.25, 0.3) is 11.0 Å². The zero-order chi connectivity index (χ0) is 15.0. The number of hydrogen-bond acceptors (Lipinski definition) is 4. The molecule has 5 heteroatoms. The van der Waals surface area contributed by atoms with Gasteiger partial charge in [-0.25, -0.2) is 4.98 Å². The van der Waals surface area contributed by atoms with Gasteiger partial charge in [-0.05, 0) is 18.2 Å². The molecule has 0 atom stereocenters. The lowest BCUT2D eigenvalue weighted by Crippen LogP contribution is -2.30. The van der Waals surface area contributed by atoms with Crippen molar-refractivity contribution in [3.8, 4) is 6.07 Å². The molecule has 1 saturated heterocycles. The summed E-state index contributed by atoms with van der Waals surface area (Å²) in [7, 11) is 0. The summed E-state index contributed by atoms with van der Waals surface area (Å²) in [5.74, 6) is -0.408. The number of nitrogens with zero attached hydrogens (tertiary/aromatic N) is 2. The highest BCUT2D eigenvalue weighted by molar-refractivity contribution is 5.77. The lowest BCUT2D eigenvalue weighted by Gasteiger charge is -2.25. The summed E-state index contributed by atoms with van der Waals surface area (Å²) in [5.41, 5.74) is 3.05. The molecule has 2 aromatic carbocycles. The monoisotopic (exact) mass is 291 g/mol. The van der Waals surface area contributed by atoms with Crippen LogP contribution in [0.4, 0.5) is 0 Å². The number of nitriles is 1. The first-order valence-corrected chi connectivity index (χ1v) is 7.06. The van der Waals surface area contributed by atoms with Crippen LogP contribution in [0, 0.1) is 11.3 Å². The van der Waals surface area contributed by atoms with E-state index in [2.05, 4.69) is 16.0 Å². The summed E-state index contributed by atoms with van der Waals surface area (Å²) in [5, 5.41) is 9.01. The number of aromatic nitrogens is 2. The maximum absolute atomic E-state index is 9.01. The number of nitrogens with one attached hydrogen (secondary N) is 1. The third-order valence-corrected chi connectivity index (χ3v) is 3.77. The Kier molecular flexibility index (Phi) is 2.93. The molecule has 1 fully saturated rings.